The second-order valence-electron chi connectivity index (χ2n) is 7.71. The van der Waals surface area contributed by atoms with Crippen LogP contribution in [-0.2, 0) is 9.54 Å². The molecule has 166 valence electrons. The standard InChI is InChI=1S/C26H27NO4S.Na/c1-26(20-9-4-2-5-10-20,21-11-6-3-7-12-21)32-18-16-27-15-17-30-25-22(27)13-8-14-23(25)31-19-24(28)29;/h2-14H,15-19H2,1H3,(H,28,29);/q;+1/p-1. The fourth-order valence-electron chi connectivity index (χ4n) is 3.96. The summed E-state index contributed by atoms with van der Waals surface area (Å²) >= 11 is 1.92. The van der Waals surface area contributed by atoms with Crippen molar-refractivity contribution >= 4 is 23.4 Å². The van der Waals surface area contributed by atoms with Gasteiger partial charge in [-0.3, -0.25) is 0 Å². The molecule has 0 bridgehead atoms. The first kappa shape index (κ1) is 25.5. The maximum Gasteiger partial charge on any atom is 1.00 e. The molecular weight excluding hydrogens is 445 g/mol. The first-order valence-corrected chi connectivity index (χ1v) is 11.6. The molecule has 0 aliphatic carbocycles. The molecule has 0 spiro atoms. The molecule has 0 N–H and O–H groups in total. The number of para-hydroxylation sites is 1. The Hall–Kier alpha value is -2.12. The molecule has 0 fully saturated rings. The molecule has 1 aliphatic heterocycles. The van der Waals surface area contributed by atoms with Gasteiger partial charge in [-0.25, -0.2) is 0 Å². The number of rotatable bonds is 9. The van der Waals surface area contributed by atoms with Gasteiger partial charge in [0.1, 0.15) is 13.2 Å². The summed E-state index contributed by atoms with van der Waals surface area (Å²) in [6.45, 7) is 3.91. The van der Waals surface area contributed by atoms with E-state index in [1.807, 2.05) is 36.0 Å². The van der Waals surface area contributed by atoms with Crippen molar-refractivity contribution in [2.75, 3.05) is 37.0 Å². The molecule has 7 heteroatoms. The van der Waals surface area contributed by atoms with E-state index in [1.165, 1.54) is 11.1 Å². The summed E-state index contributed by atoms with van der Waals surface area (Å²) in [7, 11) is 0. The van der Waals surface area contributed by atoms with Gasteiger partial charge in [0, 0.05) is 12.3 Å². The Morgan fingerprint density at radius 2 is 1.67 bits per heavy atom. The number of hydrogen-bond acceptors (Lipinski definition) is 6. The number of hydrogen-bond donors (Lipinski definition) is 0. The van der Waals surface area contributed by atoms with Crippen molar-refractivity contribution in [2.45, 2.75) is 11.7 Å². The van der Waals surface area contributed by atoms with Gasteiger partial charge < -0.3 is 24.3 Å². The first-order valence-electron chi connectivity index (χ1n) is 10.7. The SMILES string of the molecule is CC(SCCN1CCOc2c(OCC(=O)[O-])cccc21)(c1ccccc1)c1ccccc1.[Na+]. The van der Waals surface area contributed by atoms with Crippen molar-refractivity contribution in [2.24, 2.45) is 0 Å². The molecule has 3 aromatic carbocycles. The molecule has 0 radical (unpaired) electrons. The van der Waals surface area contributed by atoms with Crippen molar-refractivity contribution < 1.29 is 48.9 Å². The summed E-state index contributed by atoms with van der Waals surface area (Å²) in [4.78, 5) is 13.1. The molecule has 0 saturated carbocycles. The van der Waals surface area contributed by atoms with Crippen LogP contribution in [0.1, 0.15) is 18.1 Å². The van der Waals surface area contributed by atoms with Crippen molar-refractivity contribution in [3.8, 4) is 11.5 Å². The van der Waals surface area contributed by atoms with Crippen LogP contribution < -0.4 is 49.0 Å². The van der Waals surface area contributed by atoms with Crippen molar-refractivity contribution in [3.63, 3.8) is 0 Å². The Morgan fingerprint density at radius 1 is 1.03 bits per heavy atom. The van der Waals surface area contributed by atoms with E-state index in [0.29, 0.717) is 18.1 Å². The molecule has 0 aromatic heterocycles. The second kappa shape index (κ2) is 11.8. The number of benzene rings is 3. The van der Waals surface area contributed by atoms with Crippen LogP contribution in [0.15, 0.2) is 78.9 Å². The molecule has 0 atom stereocenters. The minimum absolute atomic E-state index is 0. The largest absolute Gasteiger partial charge is 1.00 e. The third-order valence-electron chi connectivity index (χ3n) is 5.65. The van der Waals surface area contributed by atoms with Gasteiger partial charge in [-0.2, -0.15) is 0 Å². The monoisotopic (exact) mass is 471 g/mol. The number of fused-ring (bicyclic) bond motifs is 1. The second-order valence-corrected chi connectivity index (χ2v) is 9.23. The quantitative estimate of drug-likeness (QED) is 0.429. The summed E-state index contributed by atoms with van der Waals surface area (Å²) < 4.78 is 11.0. The molecule has 0 saturated heterocycles. The number of carboxylic acid groups (broad SMARTS) is 1. The minimum Gasteiger partial charge on any atom is -0.546 e. The topological polar surface area (TPSA) is 61.8 Å². The van der Waals surface area contributed by atoms with Gasteiger partial charge in [0.25, 0.3) is 0 Å². The van der Waals surface area contributed by atoms with Crippen LogP contribution in [0.2, 0.25) is 0 Å². The molecule has 5 nitrogen and oxygen atoms in total. The number of nitrogens with zero attached hydrogens (tertiary/aromatic N) is 1. The van der Waals surface area contributed by atoms with Crippen LogP contribution in [0.5, 0.6) is 11.5 Å². The van der Waals surface area contributed by atoms with E-state index in [2.05, 4.69) is 60.4 Å². The minimum atomic E-state index is -1.26. The maximum absolute atomic E-state index is 10.8. The van der Waals surface area contributed by atoms with Gasteiger partial charge in [-0.15, -0.1) is 11.8 Å². The third kappa shape index (κ3) is 6.07. The fraction of sp³-hybridized carbons (Fsp3) is 0.269. The van der Waals surface area contributed by atoms with Gasteiger partial charge in [0.15, 0.2) is 11.5 Å². The van der Waals surface area contributed by atoms with Crippen LogP contribution in [0.4, 0.5) is 5.69 Å². The van der Waals surface area contributed by atoms with Gasteiger partial charge in [-0.1, -0.05) is 66.7 Å². The molecule has 4 rings (SSSR count). The Bertz CT molecular complexity index is 1010. The van der Waals surface area contributed by atoms with Gasteiger partial charge >= 0.3 is 29.6 Å². The van der Waals surface area contributed by atoms with E-state index in [4.69, 9.17) is 9.47 Å². The average Bonchev–Trinajstić information content (AvgIpc) is 2.84. The van der Waals surface area contributed by atoms with E-state index >= 15 is 0 Å². The molecule has 3 aromatic rings. The Labute approximate surface area is 221 Å². The van der Waals surface area contributed by atoms with Crippen LogP contribution in [0, 0.1) is 0 Å². The van der Waals surface area contributed by atoms with E-state index < -0.39 is 12.6 Å². The molecule has 0 unspecified atom stereocenters. The summed E-state index contributed by atoms with van der Waals surface area (Å²) in [5, 5.41) is 10.8. The Balaban J connectivity index is 0.00000306. The zero-order valence-electron chi connectivity index (χ0n) is 19.0. The van der Waals surface area contributed by atoms with E-state index in [1.54, 1.807) is 6.07 Å². The third-order valence-corrected chi connectivity index (χ3v) is 7.09. The molecule has 1 heterocycles. The zero-order valence-corrected chi connectivity index (χ0v) is 21.8. The predicted octanol–water partition coefficient (Wildman–Crippen LogP) is 0.715. The van der Waals surface area contributed by atoms with Crippen molar-refractivity contribution in [3.05, 3.63) is 90.0 Å². The van der Waals surface area contributed by atoms with Crippen molar-refractivity contribution in [1.29, 1.82) is 0 Å². The molecular formula is C26H26NNaO4S. The van der Waals surface area contributed by atoms with Gasteiger partial charge in [0.05, 0.1) is 22.9 Å². The summed E-state index contributed by atoms with van der Waals surface area (Å²) in [6, 6.07) is 26.7. The first-order chi connectivity index (χ1) is 15.6. The number of carboxylic acids is 1. The molecule has 0 amide bonds. The van der Waals surface area contributed by atoms with E-state index in [0.717, 1.165) is 24.5 Å². The average molecular weight is 472 g/mol. The summed E-state index contributed by atoms with van der Waals surface area (Å²) in [5.41, 5.74) is 3.47. The van der Waals surface area contributed by atoms with E-state index in [-0.39, 0.29) is 34.3 Å². The predicted molar refractivity (Wildman–Crippen MR) is 126 cm³/mol. The van der Waals surface area contributed by atoms with Crippen molar-refractivity contribution in [1.82, 2.24) is 0 Å². The van der Waals surface area contributed by atoms with Crippen LogP contribution >= 0.6 is 11.8 Å². The maximum atomic E-state index is 10.8. The number of carbonyl (C=O) groups is 1. The smallest absolute Gasteiger partial charge is 0.546 e. The van der Waals surface area contributed by atoms with Gasteiger partial charge in [-0.05, 0) is 30.2 Å². The Kier molecular flexibility index (Phi) is 9.15. The Morgan fingerprint density at radius 3 is 2.27 bits per heavy atom. The zero-order chi connectivity index (χ0) is 22.4. The van der Waals surface area contributed by atoms with Crippen LogP contribution in [-0.4, -0.2) is 38.0 Å². The number of ether oxygens (including phenoxy) is 2. The normalized spacial score (nSPS) is 12.8. The van der Waals surface area contributed by atoms with E-state index in [9.17, 15) is 9.90 Å². The molecule has 1 aliphatic rings. The van der Waals surface area contributed by atoms with Gasteiger partial charge in [0.2, 0.25) is 0 Å². The summed E-state index contributed by atoms with van der Waals surface area (Å²) in [6.07, 6.45) is 0. The van der Waals surface area contributed by atoms with Crippen LogP contribution in [0.3, 0.4) is 0 Å². The number of aliphatic carboxylic acids is 1. The van der Waals surface area contributed by atoms with Crippen LogP contribution in [0.25, 0.3) is 0 Å². The molecule has 33 heavy (non-hydrogen) atoms. The number of carbonyl (C=O) groups excluding carboxylic acids is 1. The number of anilines is 1. The fourth-order valence-corrected chi connectivity index (χ4v) is 5.29. The summed E-state index contributed by atoms with van der Waals surface area (Å²) in [5.74, 6) is 0.679. The number of thioether (sulfide) groups is 1.